The number of H-pyrrole nitrogens is 1. The van der Waals surface area contributed by atoms with Gasteiger partial charge in [0.05, 0.1) is 11.0 Å². The van der Waals surface area contributed by atoms with Gasteiger partial charge in [0.15, 0.2) is 0 Å². The Morgan fingerprint density at radius 1 is 1.17 bits per heavy atom. The molecule has 0 unspecified atom stereocenters. The number of nitrogens with two attached hydrogens (primary N) is 1. The SMILES string of the molecule is NCc1ccc2nc(Cc3cccnc3)[nH]c2c1. The molecular weight excluding hydrogens is 224 g/mol. The maximum atomic E-state index is 5.63. The second-order valence-electron chi connectivity index (χ2n) is 4.28. The number of nitrogens with zero attached hydrogens (tertiary/aromatic N) is 2. The average molecular weight is 238 g/mol. The number of benzene rings is 1. The van der Waals surface area contributed by atoms with Crippen LogP contribution in [0.15, 0.2) is 42.7 Å². The standard InChI is InChI=1S/C14H14N4/c15-8-10-3-4-12-13(6-10)18-14(17-12)7-11-2-1-5-16-9-11/h1-6,9H,7-8,15H2,(H,17,18). The second kappa shape index (κ2) is 4.58. The summed E-state index contributed by atoms with van der Waals surface area (Å²) in [7, 11) is 0. The van der Waals surface area contributed by atoms with Gasteiger partial charge in [-0.05, 0) is 29.3 Å². The van der Waals surface area contributed by atoms with Gasteiger partial charge in [0, 0.05) is 25.4 Å². The summed E-state index contributed by atoms with van der Waals surface area (Å²) in [5, 5.41) is 0. The Balaban J connectivity index is 1.94. The minimum Gasteiger partial charge on any atom is -0.342 e. The Bertz CT molecular complexity index is 658. The van der Waals surface area contributed by atoms with Crippen molar-refractivity contribution in [3.05, 3.63) is 59.7 Å². The lowest BCUT2D eigenvalue weighted by molar-refractivity contribution is 1.02. The highest BCUT2D eigenvalue weighted by Gasteiger charge is 2.04. The Morgan fingerprint density at radius 2 is 2.11 bits per heavy atom. The molecule has 3 N–H and O–H groups in total. The third-order valence-electron chi connectivity index (χ3n) is 2.93. The number of aromatic amines is 1. The van der Waals surface area contributed by atoms with Crippen LogP contribution in [0.2, 0.25) is 0 Å². The number of aromatic nitrogens is 3. The average Bonchev–Trinajstić information content (AvgIpc) is 2.80. The van der Waals surface area contributed by atoms with Gasteiger partial charge in [-0.25, -0.2) is 4.98 Å². The van der Waals surface area contributed by atoms with Crippen molar-refractivity contribution in [2.24, 2.45) is 5.73 Å². The maximum Gasteiger partial charge on any atom is 0.111 e. The van der Waals surface area contributed by atoms with Crippen LogP contribution in [0.5, 0.6) is 0 Å². The monoisotopic (exact) mass is 238 g/mol. The molecule has 0 aliphatic carbocycles. The van der Waals surface area contributed by atoms with Gasteiger partial charge in [0.25, 0.3) is 0 Å². The molecular formula is C14H14N4. The molecule has 0 bridgehead atoms. The van der Waals surface area contributed by atoms with Crippen molar-refractivity contribution in [2.75, 3.05) is 0 Å². The largest absolute Gasteiger partial charge is 0.342 e. The van der Waals surface area contributed by atoms with E-state index < -0.39 is 0 Å². The van der Waals surface area contributed by atoms with E-state index in [4.69, 9.17) is 5.73 Å². The van der Waals surface area contributed by atoms with Gasteiger partial charge < -0.3 is 10.7 Å². The number of hydrogen-bond donors (Lipinski definition) is 2. The third kappa shape index (κ3) is 2.10. The second-order valence-corrected chi connectivity index (χ2v) is 4.28. The van der Waals surface area contributed by atoms with E-state index in [1.165, 1.54) is 0 Å². The summed E-state index contributed by atoms with van der Waals surface area (Å²) in [5.41, 5.74) is 9.90. The first-order chi connectivity index (χ1) is 8.85. The first kappa shape index (κ1) is 10.9. The lowest BCUT2D eigenvalue weighted by atomic mass is 10.2. The summed E-state index contributed by atoms with van der Waals surface area (Å²) >= 11 is 0. The van der Waals surface area contributed by atoms with Crippen LogP contribution in [0, 0.1) is 0 Å². The molecule has 2 aromatic heterocycles. The Morgan fingerprint density at radius 3 is 2.89 bits per heavy atom. The van der Waals surface area contributed by atoms with E-state index in [1.807, 2.05) is 30.5 Å². The number of hydrogen-bond acceptors (Lipinski definition) is 3. The molecule has 2 heterocycles. The highest BCUT2D eigenvalue weighted by atomic mass is 14.9. The summed E-state index contributed by atoms with van der Waals surface area (Å²) in [4.78, 5) is 12.0. The summed E-state index contributed by atoms with van der Waals surface area (Å²) in [6, 6.07) is 10.0. The number of rotatable bonds is 3. The van der Waals surface area contributed by atoms with Crippen molar-refractivity contribution in [2.45, 2.75) is 13.0 Å². The predicted molar refractivity (Wildman–Crippen MR) is 71.0 cm³/mol. The van der Waals surface area contributed by atoms with Crippen LogP contribution in [0.4, 0.5) is 0 Å². The zero-order chi connectivity index (χ0) is 12.4. The van der Waals surface area contributed by atoms with E-state index in [-0.39, 0.29) is 0 Å². The van der Waals surface area contributed by atoms with Gasteiger partial charge in [0.2, 0.25) is 0 Å². The van der Waals surface area contributed by atoms with Gasteiger partial charge in [-0.15, -0.1) is 0 Å². The van der Waals surface area contributed by atoms with Gasteiger partial charge in [-0.3, -0.25) is 4.98 Å². The minimum atomic E-state index is 0.549. The fourth-order valence-electron chi connectivity index (χ4n) is 2.02. The summed E-state index contributed by atoms with van der Waals surface area (Å²) in [6.07, 6.45) is 4.40. The van der Waals surface area contributed by atoms with Crippen molar-refractivity contribution >= 4 is 11.0 Å². The molecule has 3 aromatic rings. The van der Waals surface area contributed by atoms with Gasteiger partial charge in [0.1, 0.15) is 5.82 Å². The number of pyridine rings is 1. The topological polar surface area (TPSA) is 67.6 Å². The summed E-state index contributed by atoms with van der Waals surface area (Å²) in [6.45, 7) is 0.549. The quantitative estimate of drug-likeness (QED) is 0.733. The van der Waals surface area contributed by atoms with Crippen molar-refractivity contribution in [3.8, 4) is 0 Å². The van der Waals surface area contributed by atoms with Gasteiger partial charge in [-0.2, -0.15) is 0 Å². The smallest absolute Gasteiger partial charge is 0.111 e. The highest BCUT2D eigenvalue weighted by molar-refractivity contribution is 5.75. The zero-order valence-corrected chi connectivity index (χ0v) is 9.93. The fourth-order valence-corrected chi connectivity index (χ4v) is 2.02. The minimum absolute atomic E-state index is 0.549. The molecule has 0 aliphatic heterocycles. The maximum absolute atomic E-state index is 5.63. The Hall–Kier alpha value is -2.20. The van der Waals surface area contributed by atoms with Crippen LogP contribution >= 0.6 is 0 Å². The van der Waals surface area contributed by atoms with Crippen LogP contribution in [0.1, 0.15) is 17.0 Å². The highest BCUT2D eigenvalue weighted by Crippen LogP contribution is 2.15. The van der Waals surface area contributed by atoms with E-state index in [0.29, 0.717) is 6.54 Å². The molecule has 0 spiro atoms. The Labute approximate surface area is 105 Å². The lowest BCUT2D eigenvalue weighted by Crippen LogP contribution is -1.95. The first-order valence-corrected chi connectivity index (χ1v) is 5.91. The van der Waals surface area contributed by atoms with Crippen molar-refractivity contribution in [1.82, 2.24) is 15.0 Å². The van der Waals surface area contributed by atoms with Crippen LogP contribution < -0.4 is 5.73 Å². The molecule has 0 aliphatic rings. The van der Waals surface area contributed by atoms with E-state index in [1.54, 1.807) is 6.20 Å². The normalized spacial score (nSPS) is 10.9. The predicted octanol–water partition coefficient (Wildman–Crippen LogP) is 2.01. The molecule has 18 heavy (non-hydrogen) atoms. The van der Waals surface area contributed by atoms with Crippen molar-refractivity contribution in [3.63, 3.8) is 0 Å². The van der Waals surface area contributed by atoms with Crippen molar-refractivity contribution in [1.29, 1.82) is 0 Å². The van der Waals surface area contributed by atoms with Crippen LogP contribution in [0.25, 0.3) is 11.0 Å². The summed E-state index contributed by atoms with van der Waals surface area (Å²) < 4.78 is 0. The molecule has 4 nitrogen and oxygen atoms in total. The van der Waals surface area contributed by atoms with Crippen molar-refractivity contribution < 1.29 is 0 Å². The lowest BCUT2D eigenvalue weighted by Gasteiger charge is -1.95. The zero-order valence-electron chi connectivity index (χ0n) is 9.93. The van der Waals surface area contributed by atoms with Crippen LogP contribution in [0.3, 0.4) is 0 Å². The molecule has 0 radical (unpaired) electrons. The van der Waals surface area contributed by atoms with E-state index in [9.17, 15) is 0 Å². The Kier molecular flexibility index (Phi) is 2.78. The molecule has 1 aromatic carbocycles. The third-order valence-corrected chi connectivity index (χ3v) is 2.93. The molecule has 90 valence electrons. The van der Waals surface area contributed by atoms with Gasteiger partial charge >= 0.3 is 0 Å². The molecule has 3 rings (SSSR count). The molecule has 0 saturated carbocycles. The van der Waals surface area contributed by atoms with E-state index in [0.717, 1.165) is 34.4 Å². The molecule has 0 amide bonds. The number of fused-ring (bicyclic) bond motifs is 1. The van der Waals surface area contributed by atoms with Gasteiger partial charge in [-0.1, -0.05) is 12.1 Å². The van der Waals surface area contributed by atoms with E-state index >= 15 is 0 Å². The molecule has 4 heteroatoms. The number of imidazole rings is 1. The van der Waals surface area contributed by atoms with E-state index in [2.05, 4.69) is 21.0 Å². The first-order valence-electron chi connectivity index (χ1n) is 5.91. The van der Waals surface area contributed by atoms with Crippen LogP contribution in [-0.2, 0) is 13.0 Å². The number of nitrogens with one attached hydrogen (secondary N) is 1. The fraction of sp³-hybridized carbons (Fsp3) is 0.143. The molecule has 0 fully saturated rings. The summed E-state index contributed by atoms with van der Waals surface area (Å²) in [5.74, 6) is 0.951. The molecule has 0 saturated heterocycles. The van der Waals surface area contributed by atoms with Crippen LogP contribution in [-0.4, -0.2) is 15.0 Å². The molecule has 0 atom stereocenters.